The molecule has 8 heteroatoms. The van der Waals surface area contributed by atoms with Gasteiger partial charge >= 0.3 is 5.97 Å². The standard InChI is InChI=1S/C24H25N3O5/c1-5-30-21(28)12-10-16-7-6-8-19(22(16)29-4)23-26-24(32-27-23)17-9-11-20(31-15(2)3)18(13-17)14-25/h6-9,11,13,15H,5,10,12H2,1-4H3. The molecule has 0 radical (unpaired) electrons. The largest absolute Gasteiger partial charge is 0.496 e. The van der Waals surface area contributed by atoms with E-state index in [0.717, 1.165) is 5.56 Å². The Balaban J connectivity index is 1.89. The molecule has 0 aliphatic carbocycles. The number of rotatable bonds is 9. The smallest absolute Gasteiger partial charge is 0.306 e. The van der Waals surface area contributed by atoms with E-state index in [0.29, 0.717) is 47.0 Å². The number of para-hydroxylation sites is 1. The van der Waals surface area contributed by atoms with Gasteiger partial charge in [0.2, 0.25) is 5.82 Å². The van der Waals surface area contributed by atoms with Gasteiger partial charge < -0.3 is 18.7 Å². The van der Waals surface area contributed by atoms with E-state index >= 15 is 0 Å². The van der Waals surface area contributed by atoms with E-state index in [1.807, 2.05) is 32.0 Å². The highest BCUT2D eigenvalue weighted by atomic mass is 16.5. The van der Waals surface area contributed by atoms with E-state index in [9.17, 15) is 10.1 Å². The fourth-order valence-electron chi connectivity index (χ4n) is 3.23. The SMILES string of the molecule is CCOC(=O)CCc1cccc(-c2noc(-c3ccc(OC(C)C)c(C#N)c3)n2)c1OC. The second-order valence-corrected chi connectivity index (χ2v) is 7.22. The molecule has 166 valence electrons. The number of hydrogen-bond donors (Lipinski definition) is 0. The second-order valence-electron chi connectivity index (χ2n) is 7.22. The maximum absolute atomic E-state index is 11.7. The summed E-state index contributed by atoms with van der Waals surface area (Å²) < 4.78 is 21.7. The zero-order valence-corrected chi connectivity index (χ0v) is 18.5. The molecule has 0 fully saturated rings. The quantitative estimate of drug-likeness (QED) is 0.450. The fraction of sp³-hybridized carbons (Fsp3) is 0.333. The molecule has 0 atom stereocenters. The topological polar surface area (TPSA) is 107 Å². The second kappa shape index (κ2) is 10.4. The van der Waals surface area contributed by atoms with Gasteiger partial charge in [0.15, 0.2) is 0 Å². The summed E-state index contributed by atoms with van der Waals surface area (Å²) >= 11 is 0. The highest BCUT2D eigenvalue weighted by Gasteiger charge is 2.19. The lowest BCUT2D eigenvalue weighted by atomic mass is 10.0. The maximum atomic E-state index is 11.7. The van der Waals surface area contributed by atoms with Gasteiger partial charge in [-0.05, 0) is 57.0 Å². The van der Waals surface area contributed by atoms with Crippen molar-refractivity contribution in [1.82, 2.24) is 10.1 Å². The average Bonchev–Trinajstić information content (AvgIpc) is 3.27. The number of carbonyl (C=O) groups excluding carboxylic acids is 1. The van der Waals surface area contributed by atoms with Gasteiger partial charge in [-0.25, -0.2) is 0 Å². The molecule has 3 rings (SSSR count). The Hall–Kier alpha value is -3.86. The van der Waals surface area contributed by atoms with Crippen LogP contribution in [0.1, 0.15) is 38.3 Å². The van der Waals surface area contributed by atoms with Crippen LogP contribution in [0.25, 0.3) is 22.8 Å². The molecule has 1 heterocycles. The van der Waals surface area contributed by atoms with Crippen molar-refractivity contribution in [2.24, 2.45) is 0 Å². The Morgan fingerprint density at radius 2 is 2.06 bits per heavy atom. The van der Waals surface area contributed by atoms with Crippen LogP contribution in [0.5, 0.6) is 11.5 Å². The molecule has 0 amide bonds. The molecule has 0 bridgehead atoms. The average molecular weight is 435 g/mol. The lowest BCUT2D eigenvalue weighted by molar-refractivity contribution is -0.143. The molecule has 0 spiro atoms. The third-order valence-electron chi connectivity index (χ3n) is 4.58. The zero-order chi connectivity index (χ0) is 23.1. The summed E-state index contributed by atoms with van der Waals surface area (Å²) in [6, 6.07) is 12.8. The van der Waals surface area contributed by atoms with Gasteiger partial charge in [-0.15, -0.1) is 0 Å². The van der Waals surface area contributed by atoms with E-state index in [2.05, 4.69) is 16.2 Å². The molecule has 0 saturated carbocycles. The molecule has 32 heavy (non-hydrogen) atoms. The first-order valence-corrected chi connectivity index (χ1v) is 10.3. The fourth-order valence-corrected chi connectivity index (χ4v) is 3.23. The Labute approximate surface area is 186 Å². The Kier molecular flexibility index (Phi) is 7.45. The van der Waals surface area contributed by atoms with Gasteiger partial charge in [-0.2, -0.15) is 10.2 Å². The third kappa shape index (κ3) is 5.24. The van der Waals surface area contributed by atoms with Gasteiger partial charge in [0.1, 0.15) is 17.6 Å². The Morgan fingerprint density at radius 1 is 1.25 bits per heavy atom. The summed E-state index contributed by atoms with van der Waals surface area (Å²) in [6.07, 6.45) is 0.655. The number of benzene rings is 2. The summed E-state index contributed by atoms with van der Waals surface area (Å²) in [5.41, 5.74) is 2.47. The normalized spacial score (nSPS) is 10.6. The van der Waals surface area contributed by atoms with Crippen molar-refractivity contribution < 1.29 is 23.5 Å². The Morgan fingerprint density at radius 3 is 2.75 bits per heavy atom. The third-order valence-corrected chi connectivity index (χ3v) is 4.58. The van der Waals surface area contributed by atoms with Gasteiger partial charge in [0.25, 0.3) is 5.89 Å². The van der Waals surface area contributed by atoms with Crippen LogP contribution in [-0.2, 0) is 16.0 Å². The summed E-state index contributed by atoms with van der Waals surface area (Å²) in [4.78, 5) is 16.2. The van der Waals surface area contributed by atoms with Gasteiger partial charge in [0, 0.05) is 12.0 Å². The predicted molar refractivity (Wildman–Crippen MR) is 117 cm³/mol. The summed E-state index contributed by atoms with van der Waals surface area (Å²) in [6.45, 7) is 5.91. The molecule has 3 aromatic rings. The molecule has 0 aliphatic rings. The first kappa shape index (κ1) is 22.8. The first-order valence-electron chi connectivity index (χ1n) is 10.3. The molecule has 8 nitrogen and oxygen atoms in total. The van der Waals surface area contributed by atoms with Gasteiger partial charge in [-0.1, -0.05) is 17.3 Å². The van der Waals surface area contributed by atoms with E-state index in [1.165, 1.54) is 0 Å². The molecule has 0 N–H and O–H groups in total. The number of nitrogens with zero attached hydrogens (tertiary/aromatic N) is 3. The minimum atomic E-state index is -0.264. The number of ether oxygens (including phenoxy) is 3. The summed E-state index contributed by atoms with van der Waals surface area (Å²) in [5, 5.41) is 13.6. The van der Waals surface area contributed by atoms with Crippen molar-refractivity contribution >= 4 is 5.97 Å². The lowest BCUT2D eigenvalue weighted by Crippen LogP contribution is -2.06. The minimum Gasteiger partial charge on any atom is -0.496 e. The number of carbonyl (C=O) groups is 1. The van der Waals surface area contributed by atoms with Crippen LogP contribution in [0.4, 0.5) is 0 Å². The van der Waals surface area contributed by atoms with Gasteiger partial charge in [0.05, 0.1) is 30.9 Å². The number of esters is 1. The van der Waals surface area contributed by atoms with Crippen LogP contribution in [0.3, 0.4) is 0 Å². The zero-order valence-electron chi connectivity index (χ0n) is 18.5. The van der Waals surface area contributed by atoms with E-state index in [-0.39, 0.29) is 24.4 Å². The number of aryl methyl sites for hydroxylation is 1. The van der Waals surface area contributed by atoms with Gasteiger partial charge in [-0.3, -0.25) is 4.79 Å². The monoisotopic (exact) mass is 435 g/mol. The number of hydrogen-bond acceptors (Lipinski definition) is 8. The molecule has 1 aromatic heterocycles. The molecular weight excluding hydrogens is 410 g/mol. The van der Waals surface area contributed by atoms with Crippen LogP contribution < -0.4 is 9.47 Å². The minimum absolute atomic E-state index is 0.0495. The molecule has 0 unspecified atom stereocenters. The molecule has 0 aliphatic heterocycles. The summed E-state index contributed by atoms with van der Waals surface area (Å²) in [7, 11) is 1.56. The maximum Gasteiger partial charge on any atom is 0.306 e. The lowest BCUT2D eigenvalue weighted by Gasteiger charge is -2.11. The Bertz CT molecular complexity index is 1130. The highest BCUT2D eigenvalue weighted by Crippen LogP contribution is 2.34. The van der Waals surface area contributed by atoms with Crippen molar-refractivity contribution in [2.75, 3.05) is 13.7 Å². The van der Waals surface area contributed by atoms with Crippen LogP contribution in [-0.4, -0.2) is 35.9 Å². The highest BCUT2D eigenvalue weighted by molar-refractivity contribution is 5.72. The van der Waals surface area contributed by atoms with E-state index < -0.39 is 0 Å². The van der Waals surface area contributed by atoms with Crippen molar-refractivity contribution in [2.45, 2.75) is 39.7 Å². The number of methoxy groups -OCH3 is 1. The van der Waals surface area contributed by atoms with Crippen LogP contribution in [0.2, 0.25) is 0 Å². The number of aromatic nitrogens is 2. The van der Waals surface area contributed by atoms with Crippen LogP contribution in [0.15, 0.2) is 40.9 Å². The number of nitriles is 1. The van der Waals surface area contributed by atoms with Crippen molar-refractivity contribution in [3.8, 4) is 40.4 Å². The van der Waals surface area contributed by atoms with E-state index in [1.54, 1.807) is 32.2 Å². The predicted octanol–water partition coefficient (Wildman–Crippen LogP) is 4.57. The van der Waals surface area contributed by atoms with Crippen LogP contribution in [0, 0.1) is 11.3 Å². The van der Waals surface area contributed by atoms with Crippen molar-refractivity contribution in [3.05, 3.63) is 47.5 Å². The first-order chi connectivity index (χ1) is 15.5. The van der Waals surface area contributed by atoms with Crippen molar-refractivity contribution in [1.29, 1.82) is 5.26 Å². The van der Waals surface area contributed by atoms with Crippen LogP contribution >= 0.6 is 0 Å². The summed E-state index contributed by atoms with van der Waals surface area (Å²) in [5.74, 6) is 1.42. The van der Waals surface area contributed by atoms with E-state index in [4.69, 9.17) is 18.7 Å². The molecule has 0 saturated heterocycles. The molecular formula is C24H25N3O5. The molecule has 2 aromatic carbocycles. The van der Waals surface area contributed by atoms with Crippen molar-refractivity contribution in [3.63, 3.8) is 0 Å².